The first-order valence-corrected chi connectivity index (χ1v) is 10.8. The summed E-state index contributed by atoms with van der Waals surface area (Å²) in [5, 5.41) is 7.14. The molecule has 4 aromatic rings. The van der Waals surface area contributed by atoms with Gasteiger partial charge in [0.1, 0.15) is 6.54 Å². The topological polar surface area (TPSA) is 63.1 Å². The highest BCUT2D eigenvalue weighted by Crippen LogP contribution is 2.17. The Morgan fingerprint density at radius 1 is 0.906 bits per heavy atom. The number of benzene rings is 3. The second kappa shape index (κ2) is 9.52. The van der Waals surface area contributed by atoms with Gasteiger partial charge in [0.25, 0.3) is 5.56 Å². The van der Waals surface area contributed by atoms with E-state index < -0.39 is 0 Å². The quantitative estimate of drug-likeness (QED) is 0.432. The number of rotatable bonds is 7. The third kappa shape index (κ3) is 4.89. The maximum Gasteiger partial charge on any atom is 0.256 e. The van der Waals surface area contributed by atoms with Gasteiger partial charge in [0, 0.05) is 23.5 Å². The van der Waals surface area contributed by atoms with Crippen LogP contribution < -0.4 is 16.2 Å². The van der Waals surface area contributed by atoms with Crippen LogP contribution in [-0.2, 0) is 24.3 Å². The van der Waals surface area contributed by atoms with Crippen LogP contribution in [-0.4, -0.2) is 10.5 Å². The van der Waals surface area contributed by atoms with Crippen molar-refractivity contribution in [2.24, 2.45) is 0 Å². The standard InChI is InChI=1S/C27H27N3O2/c1-3-20-10-13-24(14-11-20)29-26(31)18-30-25-15-19(2)9-12-21(25)16-22(27(30)32)17-28-23-7-5-4-6-8-23/h4-16,28H,3,17-18H2,1-2H3,(H,29,31). The number of nitrogens with zero attached hydrogens (tertiary/aromatic N) is 1. The van der Waals surface area contributed by atoms with Crippen molar-refractivity contribution in [3.8, 4) is 0 Å². The lowest BCUT2D eigenvalue weighted by atomic mass is 10.1. The Balaban J connectivity index is 1.63. The molecule has 0 aliphatic carbocycles. The van der Waals surface area contributed by atoms with Gasteiger partial charge in [-0.2, -0.15) is 0 Å². The summed E-state index contributed by atoms with van der Waals surface area (Å²) in [6.07, 6.45) is 0.943. The van der Waals surface area contributed by atoms with Gasteiger partial charge in [0.05, 0.1) is 5.52 Å². The number of carbonyl (C=O) groups excluding carboxylic acids is 1. The Morgan fingerprint density at radius 2 is 1.66 bits per heavy atom. The summed E-state index contributed by atoms with van der Waals surface area (Å²) < 4.78 is 1.57. The average molecular weight is 426 g/mol. The number of para-hydroxylation sites is 1. The smallest absolute Gasteiger partial charge is 0.256 e. The molecule has 5 nitrogen and oxygen atoms in total. The van der Waals surface area contributed by atoms with Crippen molar-refractivity contribution in [3.05, 3.63) is 106 Å². The number of pyridine rings is 1. The zero-order valence-electron chi connectivity index (χ0n) is 18.4. The number of nitrogens with one attached hydrogen (secondary N) is 2. The van der Waals surface area contributed by atoms with Crippen molar-refractivity contribution in [3.63, 3.8) is 0 Å². The van der Waals surface area contributed by atoms with E-state index in [1.807, 2.05) is 85.8 Å². The zero-order chi connectivity index (χ0) is 22.5. The van der Waals surface area contributed by atoms with Crippen molar-refractivity contribution in [2.75, 3.05) is 10.6 Å². The maximum absolute atomic E-state index is 13.3. The van der Waals surface area contributed by atoms with Crippen molar-refractivity contribution in [2.45, 2.75) is 33.4 Å². The van der Waals surface area contributed by atoms with Crippen LogP contribution in [0.2, 0.25) is 0 Å². The van der Waals surface area contributed by atoms with Crippen molar-refractivity contribution >= 4 is 28.2 Å². The number of amides is 1. The van der Waals surface area contributed by atoms with E-state index in [-0.39, 0.29) is 18.0 Å². The molecular weight excluding hydrogens is 398 g/mol. The van der Waals surface area contributed by atoms with Gasteiger partial charge in [-0.25, -0.2) is 0 Å². The molecule has 4 rings (SSSR count). The molecule has 0 atom stereocenters. The monoisotopic (exact) mass is 425 g/mol. The van der Waals surface area contributed by atoms with Gasteiger partial charge in [-0.15, -0.1) is 0 Å². The first kappa shape index (κ1) is 21.4. The van der Waals surface area contributed by atoms with Gasteiger partial charge in [-0.05, 0) is 66.3 Å². The van der Waals surface area contributed by atoms with Crippen LogP contribution in [0.25, 0.3) is 10.9 Å². The van der Waals surface area contributed by atoms with Crippen LogP contribution >= 0.6 is 0 Å². The molecule has 1 amide bonds. The van der Waals surface area contributed by atoms with Gasteiger partial charge >= 0.3 is 0 Å². The summed E-state index contributed by atoms with van der Waals surface area (Å²) in [6, 6.07) is 25.4. The highest BCUT2D eigenvalue weighted by molar-refractivity contribution is 5.92. The Morgan fingerprint density at radius 3 is 2.38 bits per heavy atom. The van der Waals surface area contributed by atoms with Gasteiger partial charge in [-0.3, -0.25) is 14.2 Å². The summed E-state index contributed by atoms with van der Waals surface area (Å²) in [5.41, 5.74) is 5.12. The average Bonchev–Trinajstić information content (AvgIpc) is 2.81. The third-order valence-electron chi connectivity index (χ3n) is 5.53. The van der Waals surface area contributed by atoms with Crippen LogP contribution in [0.5, 0.6) is 0 Å². The zero-order valence-corrected chi connectivity index (χ0v) is 18.4. The molecule has 0 spiro atoms. The number of aryl methyl sites for hydroxylation is 2. The van der Waals surface area contributed by atoms with Crippen molar-refractivity contribution < 1.29 is 4.79 Å². The molecule has 0 saturated carbocycles. The van der Waals surface area contributed by atoms with E-state index in [2.05, 4.69) is 17.6 Å². The number of hydrogen-bond acceptors (Lipinski definition) is 3. The fraction of sp³-hybridized carbons (Fsp3) is 0.185. The highest BCUT2D eigenvalue weighted by Gasteiger charge is 2.13. The Kier molecular flexibility index (Phi) is 6.36. The largest absolute Gasteiger partial charge is 0.381 e. The Bertz CT molecular complexity index is 1290. The maximum atomic E-state index is 13.3. The van der Waals surface area contributed by atoms with Crippen LogP contribution in [0.3, 0.4) is 0 Å². The van der Waals surface area contributed by atoms with Gasteiger partial charge in [0.2, 0.25) is 5.91 Å². The molecule has 0 unspecified atom stereocenters. The van der Waals surface area contributed by atoms with Gasteiger partial charge in [-0.1, -0.05) is 49.4 Å². The minimum Gasteiger partial charge on any atom is -0.381 e. The van der Waals surface area contributed by atoms with Crippen LogP contribution in [0.1, 0.15) is 23.6 Å². The molecule has 0 fully saturated rings. The SMILES string of the molecule is CCc1ccc(NC(=O)Cn2c(=O)c(CNc3ccccc3)cc3ccc(C)cc32)cc1. The first-order chi connectivity index (χ1) is 15.5. The molecular formula is C27H27N3O2. The van der Waals surface area contributed by atoms with E-state index in [0.717, 1.165) is 34.3 Å². The van der Waals surface area contributed by atoms with Crippen LogP contribution in [0.4, 0.5) is 11.4 Å². The fourth-order valence-electron chi connectivity index (χ4n) is 3.75. The Labute approximate surface area is 187 Å². The number of carbonyl (C=O) groups is 1. The van der Waals surface area contributed by atoms with Gasteiger partial charge in [0.15, 0.2) is 0 Å². The Hall–Kier alpha value is -3.86. The molecule has 1 aromatic heterocycles. The number of hydrogen-bond donors (Lipinski definition) is 2. The lowest BCUT2D eigenvalue weighted by molar-refractivity contribution is -0.116. The second-order valence-electron chi connectivity index (χ2n) is 7.94. The minimum absolute atomic E-state index is 0.0481. The molecule has 0 aliphatic heterocycles. The summed E-state index contributed by atoms with van der Waals surface area (Å²) in [5.74, 6) is -0.229. The molecule has 0 bridgehead atoms. The predicted molar refractivity (Wildman–Crippen MR) is 131 cm³/mol. The van der Waals surface area contributed by atoms with E-state index in [4.69, 9.17) is 0 Å². The third-order valence-corrected chi connectivity index (χ3v) is 5.53. The normalized spacial score (nSPS) is 10.8. The predicted octanol–water partition coefficient (Wildman–Crippen LogP) is 5.12. The summed E-state index contributed by atoms with van der Waals surface area (Å²) >= 11 is 0. The van der Waals surface area contributed by atoms with Gasteiger partial charge < -0.3 is 10.6 Å². The molecule has 0 radical (unpaired) electrons. The lowest BCUT2D eigenvalue weighted by Crippen LogP contribution is -2.30. The number of fused-ring (bicyclic) bond motifs is 1. The minimum atomic E-state index is -0.229. The molecule has 32 heavy (non-hydrogen) atoms. The fourth-order valence-corrected chi connectivity index (χ4v) is 3.75. The highest BCUT2D eigenvalue weighted by atomic mass is 16.2. The molecule has 0 saturated heterocycles. The van der Waals surface area contributed by atoms with Crippen molar-refractivity contribution in [1.29, 1.82) is 0 Å². The molecule has 0 aliphatic rings. The number of anilines is 2. The summed E-state index contributed by atoms with van der Waals surface area (Å²) in [6.45, 7) is 4.40. The molecule has 2 N–H and O–H groups in total. The second-order valence-corrected chi connectivity index (χ2v) is 7.94. The van der Waals surface area contributed by atoms with Crippen LogP contribution in [0, 0.1) is 6.92 Å². The summed E-state index contributed by atoms with van der Waals surface area (Å²) in [7, 11) is 0. The van der Waals surface area contributed by atoms with Crippen molar-refractivity contribution in [1.82, 2.24) is 4.57 Å². The van der Waals surface area contributed by atoms with E-state index in [0.29, 0.717) is 12.1 Å². The van der Waals surface area contributed by atoms with Crippen LogP contribution in [0.15, 0.2) is 83.7 Å². The molecule has 5 heteroatoms. The summed E-state index contributed by atoms with van der Waals surface area (Å²) in [4.78, 5) is 26.2. The lowest BCUT2D eigenvalue weighted by Gasteiger charge is -2.15. The van der Waals surface area contributed by atoms with E-state index in [1.54, 1.807) is 4.57 Å². The molecule has 162 valence electrons. The molecule has 1 heterocycles. The first-order valence-electron chi connectivity index (χ1n) is 10.8. The van der Waals surface area contributed by atoms with E-state index >= 15 is 0 Å². The van der Waals surface area contributed by atoms with E-state index in [1.165, 1.54) is 5.56 Å². The van der Waals surface area contributed by atoms with E-state index in [9.17, 15) is 9.59 Å². The number of aromatic nitrogens is 1. The molecule has 3 aromatic carbocycles.